The van der Waals surface area contributed by atoms with Crippen molar-refractivity contribution in [3.05, 3.63) is 71.8 Å². The highest BCUT2D eigenvalue weighted by Gasteiger charge is 2.29. The number of nitrogens with one attached hydrogen (secondary N) is 3. The average molecular weight is 498 g/mol. The fraction of sp³-hybridized carbons (Fsp3) is 0.407. The lowest BCUT2D eigenvalue weighted by atomic mass is 10.0. The molecule has 3 atom stereocenters. The van der Waals surface area contributed by atoms with Crippen molar-refractivity contribution in [1.82, 2.24) is 16.0 Å². The lowest BCUT2D eigenvalue weighted by Gasteiger charge is -2.25. The van der Waals surface area contributed by atoms with Crippen molar-refractivity contribution in [3.63, 3.8) is 0 Å². The van der Waals surface area contributed by atoms with Crippen LogP contribution in [0.25, 0.3) is 0 Å². The number of ether oxygens (including phenoxy) is 2. The minimum Gasteiger partial charge on any atom is -0.467 e. The standard InChI is InChI=1S/C27H35N3O6/c1-18(23(31)29-22(25(33)35-5)17-20-14-10-7-11-15-20)28-24(32)21(16-19-12-8-6-9-13-19)30-26(34)36-27(2,3)4/h6-15,18,21-22H,16-17H2,1-5H3,(H,28,32)(H,29,31)(H,30,34)/t18-,21-,22-/m0/s1. The second-order valence-electron chi connectivity index (χ2n) is 9.39. The van der Waals surface area contributed by atoms with Gasteiger partial charge in [-0.1, -0.05) is 60.7 Å². The molecule has 0 aliphatic carbocycles. The molecule has 2 aromatic rings. The number of carbonyl (C=O) groups is 4. The third-order valence-corrected chi connectivity index (χ3v) is 5.13. The van der Waals surface area contributed by atoms with E-state index < -0.39 is 47.6 Å². The summed E-state index contributed by atoms with van der Waals surface area (Å²) in [6.45, 7) is 6.66. The lowest BCUT2D eigenvalue weighted by molar-refractivity contribution is -0.145. The second kappa shape index (κ2) is 13.3. The van der Waals surface area contributed by atoms with E-state index in [1.807, 2.05) is 60.7 Å². The highest BCUT2D eigenvalue weighted by atomic mass is 16.6. The molecule has 2 rings (SSSR count). The van der Waals surface area contributed by atoms with Crippen molar-refractivity contribution in [3.8, 4) is 0 Å². The fourth-order valence-corrected chi connectivity index (χ4v) is 3.37. The van der Waals surface area contributed by atoms with Crippen LogP contribution >= 0.6 is 0 Å². The first-order chi connectivity index (χ1) is 17.0. The second-order valence-corrected chi connectivity index (χ2v) is 9.39. The summed E-state index contributed by atoms with van der Waals surface area (Å²) < 4.78 is 10.1. The zero-order valence-corrected chi connectivity index (χ0v) is 21.4. The van der Waals surface area contributed by atoms with E-state index in [1.54, 1.807) is 20.8 Å². The summed E-state index contributed by atoms with van der Waals surface area (Å²) in [4.78, 5) is 50.5. The van der Waals surface area contributed by atoms with Gasteiger partial charge in [-0.25, -0.2) is 9.59 Å². The number of benzene rings is 2. The van der Waals surface area contributed by atoms with Gasteiger partial charge in [0.2, 0.25) is 11.8 Å². The Morgan fingerprint density at radius 2 is 1.25 bits per heavy atom. The Morgan fingerprint density at radius 3 is 1.72 bits per heavy atom. The molecular formula is C27H35N3O6. The molecule has 0 radical (unpaired) electrons. The van der Waals surface area contributed by atoms with Crippen LogP contribution in [0.15, 0.2) is 60.7 Å². The molecule has 9 nitrogen and oxygen atoms in total. The maximum atomic E-state index is 13.1. The Labute approximate surface area is 211 Å². The van der Waals surface area contributed by atoms with E-state index in [-0.39, 0.29) is 12.8 Å². The number of alkyl carbamates (subject to hydrolysis) is 1. The van der Waals surface area contributed by atoms with E-state index in [0.29, 0.717) is 0 Å². The Balaban J connectivity index is 2.08. The molecule has 2 aromatic carbocycles. The van der Waals surface area contributed by atoms with Crippen LogP contribution in [0.3, 0.4) is 0 Å². The van der Waals surface area contributed by atoms with Crippen molar-refractivity contribution in [2.45, 2.75) is 64.3 Å². The Hall–Kier alpha value is -3.88. The third-order valence-electron chi connectivity index (χ3n) is 5.13. The summed E-state index contributed by atoms with van der Waals surface area (Å²) in [7, 11) is 1.24. The van der Waals surface area contributed by atoms with Gasteiger partial charge in [0.1, 0.15) is 23.7 Å². The minimum atomic E-state index is -0.988. The third kappa shape index (κ3) is 9.77. The number of esters is 1. The largest absolute Gasteiger partial charge is 0.467 e. The van der Waals surface area contributed by atoms with Gasteiger partial charge in [-0.2, -0.15) is 0 Å². The van der Waals surface area contributed by atoms with Crippen molar-refractivity contribution in [2.24, 2.45) is 0 Å². The Bertz CT molecular complexity index is 1020. The first-order valence-electron chi connectivity index (χ1n) is 11.7. The lowest BCUT2D eigenvalue weighted by Crippen LogP contribution is -2.56. The Kier molecular flexibility index (Phi) is 10.5. The predicted octanol–water partition coefficient (Wildman–Crippen LogP) is 2.53. The molecule has 0 spiro atoms. The summed E-state index contributed by atoms with van der Waals surface area (Å²) in [5.41, 5.74) is 0.918. The molecule has 0 aromatic heterocycles. The first kappa shape index (κ1) is 28.4. The van der Waals surface area contributed by atoms with Gasteiger partial charge in [0.05, 0.1) is 7.11 Å². The number of carbonyl (C=O) groups excluding carboxylic acids is 4. The maximum Gasteiger partial charge on any atom is 0.408 e. The van der Waals surface area contributed by atoms with E-state index in [2.05, 4.69) is 16.0 Å². The predicted molar refractivity (Wildman–Crippen MR) is 135 cm³/mol. The van der Waals surface area contributed by atoms with E-state index in [4.69, 9.17) is 9.47 Å². The average Bonchev–Trinajstić information content (AvgIpc) is 2.82. The highest BCUT2D eigenvalue weighted by molar-refractivity contribution is 5.93. The van der Waals surface area contributed by atoms with Gasteiger partial charge < -0.3 is 25.4 Å². The molecule has 194 valence electrons. The number of methoxy groups -OCH3 is 1. The molecule has 0 aliphatic heterocycles. The number of rotatable bonds is 10. The van der Waals surface area contributed by atoms with Gasteiger partial charge >= 0.3 is 12.1 Å². The molecule has 3 amide bonds. The maximum absolute atomic E-state index is 13.1. The van der Waals surface area contributed by atoms with Gasteiger partial charge in [0.25, 0.3) is 0 Å². The molecule has 0 heterocycles. The smallest absolute Gasteiger partial charge is 0.408 e. The van der Waals surface area contributed by atoms with Crippen molar-refractivity contribution >= 4 is 23.9 Å². The van der Waals surface area contributed by atoms with Crippen LogP contribution in [-0.4, -0.2) is 54.7 Å². The Morgan fingerprint density at radius 1 is 0.750 bits per heavy atom. The van der Waals surface area contributed by atoms with Gasteiger partial charge in [-0.15, -0.1) is 0 Å². The highest BCUT2D eigenvalue weighted by Crippen LogP contribution is 2.09. The summed E-state index contributed by atoms with van der Waals surface area (Å²) in [5, 5.41) is 7.85. The van der Waals surface area contributed by atoms with E-state index in [0.717, 1.165) is 11.1 Å². The van der Waals surface area contributed by atoms with Crippen LogP contribution in [0.4, 0.5) is 4.79 Å². The summed E-state index contributed by atoms with van der Waals surface area (Å²) in [5.74, 6) is -1.73. The topological polar surface area (TPSA) is 123 Å². The summed E-state index contributed by atoms with van der Waals surface area (Å²) in [6, 6.07) is 15.5. The van der Waals surface area contributed by atoms with Crippen molar-refractivity contribution in [2.75, 3.05) is 7.11 Å². The monoisotopic (exact) mass is 497 g/mol. The molecule has 36 heavy (non-hydrogen) atoms. The number of hydrogen-bond acceptors (Lipinski definition) is 6. The number of hydrogen-bond donors (Lipinski definition) is 3. The first-order valence-corrected chi connectivity index (χ1v) is 11.7. The molecule has 3 N–H and O–H groups in total. The van der Waals surface area contributed by atoms with Gasteiger partial charge in [0, 0.05) is 12.8 Å². The minimum absolute atomic E-state index is 0.194. The molecular weight excluding hydrogens is 462 g/mol. The van der Waals surface area contributed by atoms with E-state index in [9.17, 15) is 19.2 Å². The SMILES string of the molecule is COC(=O)[C@H](Cc1ccccc1)NC(=O)[C@H](C)NC(=O)[C@H](Cc1ccccc1)NC(=O)OC(C)(C)C. The zero-order valence-electron chi connectivity index (χ0n) is 21.4. The number of amides is 3. The van der Waals surface area contributed by atoms with Crippen LogP contribution in [0.1, 0.15) is 38.8 Å². The van der Waals surface area contributed by atoms with Gasteiger partial charge in [-0.3, -0.25) is 9.59 Å². The molecule has 9 heteroatoms. The quantitative estimate of drug-likeness (QED) is 0.434. The summed E-state index contributed by atoms with van der Waals surface area (Å²) >= 11 is 0. The molecule has 0 fully saturated rings. The molecule has 0 saturated heterocycles. The summed E-state index contributed by atoms with van der Waals surface area (Å²) in [6.07, 6.45) is -0.320. The van der Waals surface area contributed by atoms with E-state index in [1.165, 1.54) is 14.0 Å². The molecule has 0 saturated carbocycles. The van der Waals surface area contributed by atoms with Crippen LogP contribution in [-0.2, 0) is 36.7 Å². The molecule has 0 unspecified atom stereocenters. The van der Waals surface area contributed by atoms with Gasteiger partial charge in [0.15, 0.2) is 0 Å². The fourth-order valence-electron chi connectivity index (χ4n) is 3.37. The van der Waals surface area contributed by atoms with Crippen LogP contribution in [0.2, 0.25) is 0 Å². The zero-order chi connectivity index (χ0) is 26.7. The van der Waals surface area contributed by atoms with Crippen LogP contribution in [0.5, 0.6) is 0 Å². The molecule has 0 bridgehead atoms. The van der Waals surface area contributed by atoms with Gasteiger partial charge in [-0.05, 0) is 38.8 Å². The van der Waals surface area contributed by atoms with Crippen molar-refractivity contribution in [1.29, 1.82) is 0 Å². The van der Waals surface area contributed by atoms with Crippen LogP contribution < -0.4 is 16.0 Å². The van der Waals surface area contributed by atoms with Crippen molar-refractivity contribution < 1.29 is 28.7 Å². The molecule has 0 aliphatic rings. The van der Waals surface area contributed by atoms with Crippen LogP contribution in [0, 0.1) is 0 Å². The normalized spacial score (nSPS) is 13.5. The van der Waals surface area contributed by atoms with E-state index >= 15 is 0 Å².